The van der Waals surface area contributed by atoms with Gasteiger partial charge in [-0.3, -0.25) is 14.6 Å². The van der Waals surface area contributed by atoms with Crippen molar-refractivity contribution in [3.05, 3.63) is 54.1 Å². The second-order valence-corrected chi connectivity index (χ2v) is 7.21. The van der Waals surface area contributed by atoms with Crippen molar-refractivity contribution in [2.24, 2.45) is 5.92 Å². The monoisotopic (exact) mass is 436 g/mol. The Balaban J connectivity index is 1.71. The maximum Gasteiger partial charge on any atom is 0.273 e. The predicted molar refractivity (Wildman–Crippen MR) is 116 cm³/mol. The number of para-hydroxylation sites is 1. The Morgan fingerprint density at radius 1 is 1.12 bits per heavy atom. The molecule has 3 aromatic rings. The van der Waals surface area contributed by atoms with Crippen molar-refractivity contribution in [1.82, 2.24) is 20.5 Å². The third-order valence-corrected chi connectivity index (χ3v) is 4.93. The summed E-state index contributed by atoms with van der Waals surface area (Å²) in [5, 5.41) is 16.3. The molecule has 2 amide bonds. The maximum absolute atomic E-state index is 13.3. The number of rotatable bonds is 7. The molecule has 0 bridgehead atoms. The van der Waals surface area contributed by atoms with Gasteiger partial charge in [0, 0.05) is 24.6 Å². The number of carbonyl (C=O) groups is 2. The number of methoxy groups -OCH3 is 1. The molecule has 10 heteroatoms. The first kappa shape index (κ1) is 21.2. The van der Waals surface area contributed by atoms with E-state index in [1.54, 1.807) is 30.3 Å². The molecule has 3 N–H and O–H groups in total. The smallest absolute Gasteiger partial charge is 0.273 e. The van der Waals surface area contributed by atoms with Crippen molar-refractivity contribution < 1.29 is 18.7 Å². The average Bonchev–Trinajstić information content (AvgIpc) is 3.65. The number of ether oxygens (including phenoxy) is 1. The van der Waals surface area contributed by atoms with Gasteiger partial charge in [0.2, 0.25) is 5.91 Å². The summed E-state index contributed by atoms with van der Waals surface area (Å²) in [6, 6.07) is 9.72. The van der Waals surface area contributed by atoms with E-state index in [-0.39, 0.29) is 23.3 Å². The van der Waals surface area contributed by atoms with Gasteiger partial charge in [0.25, 0.3) is 5.91 Å². The van der Waals surface area contributed by atoms with Crippen LogP contribution >= 0.6 is 0 Å². The molecular weight excluding hydrogens is 415 g/mol. The first-order valence-corrected chi connectivity index (χ1v) is 9.96. The van der Waals surface area contributed by atoms with Gasteiger partial charge < -0.3 is 20.7 Å². The van der Waals surface area contributed by atoms with Crippen LogP contribution in [0.15, 0.2) is 42.6 Å². The summed E-state index contributed by atoms with van der Waals surface area (Å²) in [5.41, 5.74) is 2.04. The Hall–Kier alpha value is -4.08. The fraction of sp³-hybridized carbons (Fsp3) is 0.227. The molecule has 0 radical (unpaired) electrons. The number of amides is 2. The van der Waals surface area contributed by atoms with E-state index < -0.39 is 11.7 Å². The van der Waals surface area contributed by atoms with Crippen LogP contribution in [0.25, 0.3) is 11.3 Å². The molecular formula is C22H21FN6O3. The van der Waals surface area contributed by atoms with Crippen molar-refractivity contribution in [1.29, 1.82) is 0 Å². The zero-order chi connectivity index (χ0) is 22.7. The molecule has 0 aliphatic heterocycles. The molecule has 32 heavy (non-hydrogen) atoms. The van der Waals surface area contributed by atoms with Gasteiger partial charge in [-0.1, -0.05) is 6.07 Å². The SMILES string of the molecule is CNC(=O)c1nnc(NC(=O)C2CC2)cc1Nc1cccc(-c2ccc(F)cn2)c1OC. The molecule has 2 aromatic heterocycles. The molecule has 0 unspecified atom stereocenters. The minimum atomic E-state index is -0.449. The predicted octanol–water partition coefficient (Wildman–Crippen LogP) is 3.14. The lowest BCUT2D eigenvalue weighted by Crippen LogP contribution is -2.22. The second-order valence-electron chi connectivity index (χ2n) is 7.21. The van der Waals surface area contributed by atoms with Crippen LogP contribution in [0.1, 0.15) is 23.3 Å². The largest absolute Gasteiger partial charge is 0.494 e. The quantitative estimate of drug-likeness (QED) is 0.521. The first-order valence-electron chi connectivity index (χ1n) is 9.96. The van der Waals surface area contributed by atoms with Gasteiger partial charge in [0.05, 0.1) is 30.4 Å². The van der Waals surface area contributed by atoms with Crippen LogP contribution in [-0.4, -0.2) is 41.2 Å². The molecule has 0 atom stereocenters. The molecule has 1 aliphatic carbocycles. The van der Waals surface area contributed by atoms with Crippen molar-refractivity contribution in [3.8, 4) is 17.0 Å². The number of nitrogens with zero attached hydrogens (tertiary/aromatic N) is 3. The summed E-state index contributed by atoms with van der Waals surface area (Å²) in [5.74, 6) is -0.356. The number of nitrogens with one attached hydrogen (secondary N) is 3. The van der Waals surface area contributed by atoms with E-state index in [2.05, 4.69) is 31.1 Å². The molecule has 164 valence electrons. The summed E-state index contributed by atoms with van der Waals surface area (Å²) in [4.78, 5) is 28.6. The van der Waals surface area contributed by atoms with E-state index in [4.69, 9.17) is 4.74 Å². The minimum absolute atomic E-state index is 0.00758. The first-order chi connectivity index (χ1) is 15.5. The topological polar surface area (TPSA) is 118 Å². The fourth-order valence-electron chi connectivity index (χ4n) is 3.15. The van der Waals surface area contributed by atoms with Crippen LogP contribution in [0.2, 0.25) is 0 Å². The Morgan fingerprint density at radius 2 is 1.94 bits per heavy atom. The van der Waals surface area contributed by atoms with Crippen LogP contribution < -0.4 is 20.7 Å². The third kappa shape index (κ3) is 4.48. The lowest BCUT2D eigenvalue weighted by Gasteiger charge is -2.16. The maximum atomic E-state index is 13.3. The molecule has 1 fully saturated rings. The highest BCUT2D eigenvalue weighted by molar-refractivity contribution is 6.00. The number of benzene rings is 1. The van der Waals surface area contributed by atoms with Gasteiger partial charge in [-0.2, -0.15) is 0 Å². The van der Waals surface area contributed by atoms with E-state index >= 15 is 0 Å². The van der Waals surface area contributed by atoms with Crippen molar-refractivity contribution >= 4 is 29.0 Å². The summed E-state index contributed by atoms with van der Waals surface area (Å²) in [6.45, 7) is 0. The molecule has 1 aliphatic rings. The number of halogens is 1. The fourth-order valence-corrected chi connectivity index (χ4v) is 3.15. The Bertz CT molecular complexity index is 1160. The summed E-state index contributed by atoms with van der Waals surface area (Å²) >= 11 is 0. The van der Waals surface area contributed by atoms with E-state index in [1.165, 1.54) is 20.2 Å². The summed E-state index contributed by atoms with van der Waals surface area (Å²) in [7, 11) is 2.98. The molecule has 9 nitrogen and oxygen atoms in total. The van der Waals surface area contributed by atoms with Gasteiger partial charge in [-0.15, -0.1) is 10.2 Å². The molecule has 0 saturated heterocycles. The van der Waals surface area contributed by atoms with E-state index in [9.17, 15) is 14.0 Å². The van der Waals surface area contributed by atoms with Crippen LogP contribution in [0, 0.1) is 11.7 Å². The zero-order valence-electron chi connectivity index (χ0n) is 17.5. The number of carbonyl (C=O) groups excluding carboxylic acids is 2. The number of hydrogen-bond donors (Lipinski definition) is 3. The number of anilines is 3. The van der Waals surface area contributed by atoms with Crippen LogP contribution in [0.3, 0.4) is 0 Å². The van der Waals surface area contributed by atoms with Crippen LogP contribution in [0.5, 0.6) is 5.75 Å². The van der Waals surface area contributed by atoms with Gasteiger partial charge in [-0.25, -0.2) is 4.39 Å². The molecule has 0 spiro atoms. The highest BCUT2D eigenvalue weighted by Crippen LogP contribution is 2.38. The van der Waals surface area contributed by atoms with E-state index in [1.807, 2.05) is 0 Å². The molecule has 4 rings (SSSR count). The van der Waals surface area contributed by atoms with Gasteiger partial charge in [0.1, 0.15) is 5.82 Å². The van der Waals surface area contributed by atoms with Crippen molar-refractivity contribution in [2.75, 3.05) is 24.8 Å². The lowest BCUT2D eigenvalue weighted by molar-refractivity contribution is -0.117. The zero-order valence-corrected chi connectivity index (χ0v) is 17.5. The highest BCUT2D eigenvalue weighted by Gasteiger charge is 2.30. The Kier molecular flexibility index (Phi) is 5.93. The van der Waals surface area contributed by atoms with Crippen molar-refractivity contribution in [2.45, 2.75) is 12.8 Å². The molecule has 1 saturated carbocycles. The minimum Gasteiger partial charge on any atom is -0.494 e. The number of pyridine rings is 1. The van der Waals surface area contributed by atoms with Crippen LogP contribution in [0.4, 0.5) is 21.6 Å². The third-order valence-electron chi connectivity index (χ3n) is 4.93. The highest BCUT2D eigenvalue weighted by atomic mass is 19.1. The van der Waals surface area contributed by atoms with Crippen LogP contribution in [-0.2, 0) is 4.79 Å². The average molecular weight is 436 g/mol. The number of aromatic nitrogens is 3. The van der Waals surface area contributed by atoms with Crippen molar-refractivity contribution in [3.63, 3.8) is 0 Å². The molecule has 1 aromatic carbocycles. The van der Waals surface area contributed by atoms with Gasteiger partial charge in [0.15, 0.2) is 17.3 Å². The molecule has 2 heterocycles. The summed E-state index contributed by atoms with van der Waals surface area (Å²) < 4.78 is 18.9. The summed E-state index contributed by atoms with van der Waals surface area (Å²) in [6.07, 6.45) is 2.82. The standard InChI is InChI=1S/C22H21FN6O3/c1-24-22(31)19-17(10-18(28-29-19)27-21(30)12-6-7-12)26-16-5-3-4-14(20(16)32-2)15-9-8-13(23)11-25-15/h3-5,8-12H,6-7H2,1-2H3,(H,24,31)(H2,26,27,28,30). The van der Waals surface area contributed by atoms with Gasteiger partial charge >= 0.3 is 0 Å². The lowest BCUT2D eigenvalue weighted by atomic mass is 10.1. The Morgan fingerprint density at radius 3 is 2.59 bits per heavy atom. The van der Waals surface area contributed by atoms with Gasteiger partial charge in [-0.05, 0) is 37.1 Å². The van der Waals surface area contributed by atoms with E-state index in [0.29, 0.717) is 28.4 Å². The number of hydrogen-bond acceptors (Lipinski definition) is 7. The Labute approximate surface area is 183 Å². The second kappa shape index (κ2) is 8.96. The van der Waals surface area contributed by atoms with E-state index in [0.717, 1.165) is 19.0 Å². The normalized spacial score (nSPS) is 12.7.